The van der Waals surface area contributed by atoms with Gasteiger partial charge in [-0.15, -0.1) is 0 Å². The number of alkyl halides is 3. The zero-order chi connectivity index (χ0) is 18.4. The number of unbranched alkanes of at least 4 members (excludes halogenated alkanes) is 1. The summed E-state index contributed by atoms with van der Waals surface area (Å²) in [7, 11) is 1.78. The molecule has 0 bridgehead atoms. The minimum absolute atomic E-state index is 0.113. The Balaban J connectivity index is 1.72. The quantitative estimate of drug-likeness (QED) is 0.626. The van der Waals surface area contributed by atoms with Crippen LogP contribution in [-0.2, 0) is 4.74 Å². The zero-order valence-electron chi connectivity index (χ0n) is 16.0. The molecule has 0 aromatic heterocycles. The van der Waals surface area contributed by atoms with Crippen molar-refractivity contribution in [2.24, 2.45) is 5.92 Å². The lowest BCUT2D eigenvalue weighted by Gasteiger charge is -2.43. The molecule has 1 heterocycles. The summed E-state index contributed by atoms with van der Waals surface area (Å²) in [5.41, 5.74) is 0. The van der Waals surface area contributed by atoms with Gasteiger partial charge in [-0.3, -0.25) is 9.80 Å². The lowest BCUT2D eigenvalue weighted by Crippen LogP contribution is -2.60. The molecule has 0 N–H and O–H groups in total. The normalized spacial score (nSPS) is 30.1. The summed E-state index contributed by atoms with van der Waals surface area (Å²) < 4.78 is 45.7. The maximum Gasteiger partial charge on any atom is 0.405 e. The molecule has 25 heavy (non-hydrogen) atoms. The Hall–Kier alpha value is -0.330. The second-order valence-corrected chi connectivity index (χ2v) is 8.06. The van der Waals surface area contributed by atoms with Crippen molar-refractivity contribution in [2.45, 2.75) is 83.2 Å². The molecule has 0 unspecified atom stereocenters. The van der Waals surface area contributed by atoms with E-state index in [1.165, 1.54) is 12.8 Å². The van der Waals surface area contributed by atoms with E-state index in [4.69, 9.17) is 4.74 Å². The number of halogens is 3. The van der Waals surface area contributed by atoms with Crippen molar-refractivity contribution in [1.29, 1.82) is 0 Å². The van der Waals surface area contributed by atoms with E-state index < -0.39 is 12.2 Å². The fourth-order valence-electron chi connectivity index (χ4n) is 4.29. The first-order chi connectivity index (χ1) is 11.8. The molecule has 1 aliphatic carbocycles. The molecule has 6 heteroatoms. The third kappa shape index (κ3) is 6.40. The van der Waals surface area contributed by atoms with Gasteiger partial charge in [0.15, 0.2) is 0 Å². The molecule has 3 nitrogen and oxygen atoms in total. The van der Waals surface area contributed by atoms with Crippen molar-refractivity contribution in [3.05, 3.63) is 0 Å². The van der Waals surface area contributed by atoms with Gasteiger partial charge in [0, 0.05) is 32.8 Å². The monoisotopic (exact) mass is 364 g/mol. The topological polar surface area (TPSA) is 15.7 Å². The van der Waals surface area contributed by atoms with Crippen LogP contribution < -0.4 is 0 Å². The zero-order valence-corrected chi connectivity index (χ0v) is 16.0. The molecule has 1 aliphatic heterocycles. The number of hydrogen-bond donors (Lipinski definition) is 0. The largest absolute Gasteiger partial charge is 0.405 e. The third-order valence-electron chi connectivity index (χ3n) is 6.07. The first-order valence-corrected chi connectivity index (χ1v) is 9.89. The van der Waals surface area contributed by atoms with E-state index in [2.05, 4.69) is 0 Å². The predicted octanol–water partition coefficient (Wildman–Crippen LogP) is 4.32. The van der Waals surface area contributed by atoms with Gasteiger partial charge < -0.3 is 4.74 Å². The molecule has 2 aliphatic rings. The number of rotatable bonds is 7. The highest BCUT2D eigenvalue weighted by Gasteiger charge is 2.46. The van der Waals surface area contributed by atoms with Crippen molar-refractivity contribution in [3.63, 3.8) is 0 Å². The van der Waals surface area contributed by atoms with Crippen LogP contribution in [0.5, 0.6) is 0 Å². The molecule has 0 radical (unpaired) electrons. The number of hydrogen-bond acceptors (Lipinski definition) is 3. The maximum atomic E-state index is 13.4. The van der Waals surface area contributed by atoms with E-state index >= 15 is 0 Å². The van der Waals surface area contributed by atoms with E-state index in [-0.39, 0.29) is 12.6 Å². The minimum Gasteiger partial charge on any atom is -0.381 e. The van der Waals surface area contributed by atoms with Gasteiger partial charge in [0.05, 0.1) is 6.10 Å². The Kier molecular flexibility index (Phi) is 8.02. The number of piperazine rings is 1. The summed E-state index contributed by atoms with van der Waals surface area (Å²) in [6.07, 6.45) is 4.03. The van der Waals surface area contributed by atoms with E-state index in [1.54, 1.807) is 12.0 Å². The average Bonchev–Trinajstić information content (AvgIpc) is 2.58. The van der Waals surface area contributed by atoms with E-state index in [0.717, 1.165) is 44.6 Å². The van der Waals surface area contributed by atoms with Gasteiger partial charge >= 0.3 is 6.18 Å². The lowest BCUT2D eigenvalue weighted by atomic mass is 9.84. The molecule has 0 aromatic rings. The second-order valence-electron chi connectivity index (χ2n) is 8.06. The van der Waals surface area contributed by atoms with Gasteiger partial charge in [-0.25, -0.2) is 0 Å². The fraction of sp³-hybridized carbons (Fsp3) is 1.00. The summed E-state index contributed by atoms with van der Waals surface area (Å²) in [5.74, 6) is 0.739. The molecule has 0 aromatic carbocycles. The molecule has 1 saturated carbocycles. The van der Waals surface area contributed by atoms with Crippen LogP contribution in [0.3, 0.4) is 0 Å². The molecule has 1 saturated heterocycles. The van der Waals surface area contributed by atoms with Crippen LogP contribution in [0, 0.1) is 5.92 Å². The Morgan fingerprint density at radius 2 is 1.72 bits per heavy atom. The standard InChI is InChI=1S/C19H35F3N2O/c1-15(2)24-13-12-23(18(14-24)19(20,21)22)11-5-4-6-16-7-9-17(25-3)10-8-16/h15-18H,4-14H2,1-3H3/t16-,17-,18-/m1/s1. The van der Waals surface area contributed by atoms with Crippen molar-refractivity contribution in [2.75, 3.05) is 33.3 Å². The number of nitrogens with zero attached hydrogens (tertiary/aromatic N) is 2. The summed E-state index contributed by atoms with van der Waals surface area (Å²) >= 11 is 0. The second kappa shape index (κ2) is 9.56. The molecule has 148 valence electrons. The molecule has 2 fully saturated rings. The smallest absolute Gasteiger partial charge is 0.381 e. The minimum atomic E-state index is -4.13. The lowest BCUT2D eigenvalue weighted by molar-refractivity contribution is -0.198. The van der Waals surface area contributed by atoms with Gasteiger partial charge in [-0.05, 0) is 58.4 Å². The van der Waals surface area contributed by atoms with E-state index in [0.29, 0.717) is 19.2 Å². The SMILES string of the molecule is CO[C@H]1CC[C@H](CCCCN2CCN(C(C)C)C[C@@H]2C(F)(F)F)CC1. The highest BCUT2D eigenvalue weighted by molar-refractivity contribution is 4.88. The first kappa shape index (κ1) is 21.0. The summed E-state index contributed by atoms with van der Waals surface area (Å²) in [5, 5.41) is 0. The molecule has 2 rings (SSSR count). The molecule has 0 spiro atoms. The highest BCUT2D eigenvalue weighted by atomic mass is 19.4. The predicted molar refractivity (Wildman–Crippen MR) is 94.7 cm³/mol. The van der Waals surface area contributed by atoms with Crippen LogP contribution in [0.2, 0.25) is 0 Å². The van der Waals surface area contributed by atoms with Crippen molar-refractivity contribution in [3.8, 4) is 0 Å². The Bertz CT molecular complexity index is 381. The molecule has 0 amide bonds. The van der Waals surface area contributed by atoms with E-state index in [9.17, 15) is 13.2 Å². The Morgan fingerprint density at radius 3 is 2.28 bits per heavy atom. The maximum absolute atomic E-state index is 13.4. The van der Waals surface area contributed by atoms with Gasteiger partial charge in [0.25, 0.3) is 0 Å². The molecule has 1 atom stereocenters. The van der Waals surface area contributed by atoms with Crippen LogP contribution in [0.15, 0.2) is 0 Å². The summed E-state index contributed by atoms with van der Waals surface area (Å²) in [6, 6.07) is -1.13. The Labute approximate surface area is 150 Å². The summed E-state index contributed by atoms with van der Waals surface area (Å²) in [4.78, 5) is 3.61. The summed E-state index contributed by atoms with van der Waals surface area (Å²) in [6.45, 7) is 5.90. The first-order valence-electron chi connectivity index (χ1n) is 9.89. The van der Waals surface area contributed by atoms with Crippen LogP contribution in [-0.4, -0.2) is 67.5 Å². The van der Waals surface area contributed by atoms with Gasteiger partial charge in [-0.1, -0.05) is 12.8 Å². The van der Waals surface area contributed by atoms with Gasteiger partial charge in [0.1, 0.15) is 6.04 Å². The van der Waals surface area contributed by atoms with E-state index in [1.807, 2.05) is 18.7 Å². The molecular weight excluding hydrogens is 329 g/mol. The average molecular weight is 364 g/mol. The number of ether oxygens (including phenoxy) is 1. The van der Waals surface area contributed by atoms with Gasteiger partial charge in [0.2, 0.25) is 0 Å². The number of methoxy groups -OCH3 is 1. The fourth-order valence-corrected chi connectivity index (χ4v) is 4.29. The van der Waals surface area contributed by atoms with Crippen molar-refractivity contribution in [1.82, 2.24) is 9.80 Å². The third-order valence-corrected chi connectivity index (χ3v) is 6.07. The highest BCUT2D eigenvalue weighted by Crippen LogP contribution is 2.31. The van der Waals surface area contributed by atoms with Crippen molar-refractivity contribution >= 4 is 0 Å². The van der Waals surface area contributed by atoms with Crippen LogP contribution in [0.25, 0.3) is 0 Å². The van der Waals surface area contributed by atoms with Crippen LogP contribution in [0.1, 0.15) is 58.8 Å². The van der Waals surface area contributed by atoms with Crippen LogP contribution >= 0.6 is 0 Å². The molecular formula is C19H35F3N2O. The van der Waals surface area contributed by atoms with Gasteiger partial charge in [-0.2, -0.15) is 13.2 Å². The van der Waals surface area contributed by atoms with Crippen molar-refractivity contribution < 1.29 is 17.9 Å². The Morgan fingerprint density at radius 1 is 1.04 bits per heavy atom. The van der Waals surface area contributed by atoms with Crippen LogP contribution in [0.4, 0.5) is 13.2 Å².